The summed E-state index contributed by atoms with van der Waals surface area (Å²) in [4.78, 5) is 13.9. The summed E-state index contributed by atoms with van der Waals surface area (Å²) in [6, 6.07) is 5.87. The molecule has 0 aromatic heterocycles. The molecule has 1 saturated heterocycles. The third kappa shape index (κ3) is 2.94. The van der Waals surface area contributed by atoms with Gasteiger partial charge in [0.1, 0.15) is 5.25 Å². The normalized spacial score (nSPS) is 17.8. The third-order valence-electron chi connectivity index (χ3n) is 3.34. The second-order valence-corrected chi connectivity index (χ2v) is 6.96. The van der Waals surface area contributed by atoms with Gasteiger partial charge < -0.3 is 15.4 Å². The van der Waals surface area contributed by atoms with Gasteiger partial charge >= 0.3 is 0 Å². The number of hydrogen-bond donors (Lipinski definition) is 1. The molecule has 20 heavy (non-hydrogen) atoms. The average molecular weight is 298 g/mol. The minimum Gasteiger partial charge on any atom is -0.399 e. The maximum atomic E-state index is 12.4. The van der Waals surface area contributed by atoms with Crippen LogP contribution < -0.4 is 5.73 Å². The summed E-state index contributed by atoms with van der Waals surface area (Å²) in [6.07, 6.45) is 0. The van der Waals surface area contributed by atoms with Gasteiger partial charge in [0.15, 0.2) is 9.84 Å². The maximum Gasteiger partial charge on any atom is 0.241 e. The molecule has 1 aromatic carbocycles. The summed E-state index contributed by atoms with van der Waals surface area (Å²) >= 11 is 0. The Labute approximate surface area is 118 Å². The lowest BCUT2D eigenvalue weighted by Gasteiger charge is -2.29. The van der Waals surface area contributed by atoms with Gasteiger partial charge in [-0.1, -0.05) is 0 Å². The zero-order chi connectivity index (χ0) is 14.8. The van der Waals surface area contributed by atoms with Crippen LogP contribution in [-0.2, 0) is 19.4 Å². The van der Waals surface area contributed by atoms with E-state index in [9.17, 15) is 13.2 Å². The van der Waals surface area contributed by atoms with E-state index in [1.165, 1.54) is 36.1 Å². The number of nitrogens with two attached hydrogens (primary N) is 1. The van der Waals surface area contributed by atoms with Gasteiger partial charge in [0.25, 0.3) is 0 Å². The van der Waals surface area contributed by atoms with Gasteiger partial charge in [-0.2, -0.15) is 0 Å². The Morgan fingerprint density at radius 1 is 1.25 bits per heavy atom. The number of rotatable bonds is 3. The highest BCUT2D eigenvalue weighted by Crippen LogP contribution is 2.19. The van der Waals surface area contributed by atoms with Crippen LogP contribution in [0.2, 0.25) is 0 Å². The van der Waals surface area contributed by atoms with Crippen molar-refractivity contribution in [1.82, 2.24) is 4.90 Å². The first-order chi connectivity index (χ1) is 9.43. The van der Waals surface area contributed by atoms with Crippen LogP contribution in [0.25, 0.3) is 0 Å². The number of carbonyl (C=O) groups excluding carboxylic acids is 1. The third-order valence-corrected chi connectivity index (χ3v) is 5.41. The van der Waals surface area contributed by atoms with E-state index in [1.54, 1.807) is 0 Å². The van der Waals surface area contributed by atoms with Crippen molar-refractivity contribution in [2.24, 2.45) is 0 Å². The summed E-state index contributed by atoms with van der Waals surface area (Å²) < 4.78 is 30.0. The highest BCUT2D eigenvalue weighted by atomic mass is 32.2. The van der Waals surface area contributed by atoms with Crippen LogP contribution in [0.5, 0.6) is 0 Å². The van der Waals surface area contributed by atoms with E-state index in [4.69, 9.17) is 10.5 Å². The van der Waals surface area contributed by atoms with Gasteiger partial charge in [0.2, 0.25) is 5.91 Å². The fourth-order valence-electron chi connectivity index (χ4n) is 2.04. The molecule has 0 aliphatic carbocycles. The molecule has 110 valence electrons. The van der Waals surface area contributed by atoms with E-state index in [1.807, 2.05) is 0 Å². The number of sulfone groups is 1. The van der Waals surface area contributed by atoms with E-state index in [0.29, 0.717) is 32.0 Å². The summed E-state index contributed by atoms with van der Waals surface area (Å²) in [6.45, 7) is 3.17. The Bertz CT molecular complexity index is 577. The average Bonchev–Trinajstić information content (AvgIpc) is 2.47. The van der Waals surface area contributed by atoms with E-state index < -0.39 is 15.1 Å². The summed E-state index contributed by atoms with van der Waals surface area (Å²) in [5.41, 5.74) is 6.02. The first-order valence-corrected chi connectivity index (χ1v) is 7.93. The van der Waals surface area contributed by atoms with E-state index in [0.717, 1.165) is 0 Å². The molecule has 1 heterocycles. The lowest BCUT2D eigenvalue weighted by Crippen LogP contribution is -2.47. The number of amides is 1. The minimum atomic E-state index is -3.69. The molecule has 1 unspecified atom stereocenters. The number of nitrogens with zero attached hydrogens (tertiary/aromatic N) is 1. The molecule has 1 amide bonds. The summed E-state index contributed by atoms with van der Waals surface area (Å²) in [5.74, 6) is -0.384. The Morgan fingerprint density at radius 2 is 1.80 bits per heavy atom. The predicted octanol–water partition coefficient (Wildman–Crippen LogP) is 0.290. The quantitative estimate of drug-likeness (QED) is 0.810. The number of morpholine rings is 1. The molecule has 1 fully saturated rings. The molecular weight excluding hydrogens is 280 g/mol. The molecule has 0 saturated carbocycles. The Balaban J connectivity index is 2.20. The van der Waals surface area contributed by atoms with Crippen molar-refractivity contribution in [2.45, 2.75) is 17.1 Å². The number of anilines is 1. The van der Waals surface area contributed by atoms with Crippen molar-refractivity contribution < 1.29 is 17.9 Å². The standard InChI is InChI=1S/C13H18N2O4S/c1-10(13(16)15-6-8-19-9-7-15)20(17,18)12-4-2-11(14)3-5-12/h2-5,10H,6-9,14H2,1H3. The van der Waals surface area contributed by atoms with Gasteiger partial charge in [-0.15, -0.1) is 0 Å². The lowest BCUT2D eigenvalue weighted by molar-refractivity contribution is -0.134. The molecule has 1 aliphatic rings. The molecule has 1 aromatic rings. The van der Waals surface area contributed by atoms with Crippen LogP contribution in [0.3, 0.4) is 0 Å². The molecule has 0 bridgehead atoms. The van der Waals surface area contributed by atoms with Crippen LogP contribution in [0.4, 0.5) is 5.69 Å². The highest BCUT2D eigenvalue weighted by Gasteiger charge is 2.33. The van der Waals surface area contributed by atoms with Crippen molar-refractivity contribution in [2.75, 3.05) is 32.0 Å². The van der Waals surface area contributed by atoms with Gasteiger partial charge in [-0.3, -0.25) is 4.79 Å². The molecule has 6 nitrogen and oxygen atoms in total. The predicted molar refractivity (Wildman–Crippen MR) is 74.9 cm³/mol. The Hall–Kier alpha value is -1.60. The van der Waals surface area contributed by atoms with Crippen molar-refractivity contribution in [3.63, 3.8) is 0 Å². The molecule has 0 spiro atoms. The first-order valence-electron chi connectivity index (χ1n) is 6.39. The smallest absolute Gasteiger partial charge is 0.241 e. The molecule has 0 radical (unpaired) electrons. The molecule has 7 heteroatoms. The zero-order valence-corrected chi connectivity index (χ0v) is 12.1. The van der Waals surface area contributed by atoms with E-state index in [-0.39, 0.29) is 10.8 Å². The minimum absolute atomic E-state index is 0.112. The van der Waals surface area contributed by atoms with Crippen LogP contribution in [0.1, 0.15) is 6.92 Å². The monoisotopic (exact) mass is 298 g/mol. The number of benzene rings is 1. The Kier molecular flexibility index (Phi) is 4.29. The van der Waals surface area contributed by atoms with Gasteiger partial charge in [-0.05, 0) is 31.2 Å². The number of hydrogen-bond acceptors (Lipinski definition) is 5. The summed E-state index contributed by atoms with van der Waals surface area (Å²) in [7, 11) is -3.69. The number of ether oxygens (including phenoxy) is 1. The van der Waals surface area contributed by atoms with Crippen molar-refractivity contribution in [3.05, 3.63) is 24.3 Å². The SMILES string of the molecule is CC(C(=O)N1CCOCC1)S(=O)(=O)c1ccc(N)cc1. The van der Waals surface area contributed by atoms with Crippen LogP contribution in [-0.4, -0.2) is 50.8 Å². The molecule has 1 atom stereocenters. The van der Waals surface area contributed by atoms with Gasteiger partial charge in [0, 0.05) is 18.8 Å². The second kappa shape index (κ2) is 5.80. The van der Waals surface area contributed by atoms with E-state index in [2.05, 4.69) is 0 Å². The lowest BCUT2D eigenvalue weighted by atomic mass is 10.3. The highest BCUT2D eigenvalue weighted by molar-refractivity contribution is 7.92. The number of carbonyl (C=O) groups is 1. The van der Waals surface area contributed by atoms with Gasteiger partial charge in [-0.25, -0.2) is 8.42 Å². The van der Waals surface area contributed by atoms with Crippen LogP contribution in [0, 0.1) is 0 Å². The first kappa shape index (κ1) is 14.8. The second-order valence-electron chi connectivity index (χ2n) is 4.69. The van der Waals surface area contributed by atoms with Crippen molar-refractivity contribution in [1.29, 1.82) is 0 Å². The fraction of sp³-hybridized carbons (Fsp3) is 0.462. The van der Waals surface area contributed by atoms with Crippen LogP contribution in [0.15, 0.2) is 29.2 Å². The van der Waals surface area contributed by atoms with Crippen molar-refractivity contribution in [3.8, 4) is 0 Å². The van der Waals surface area contributed by atoms with Crippen molar-refractivity contribution >= 4 is 21.4 Å². The van der Waals surface area contributed by atoms with Gasteiger partial charge in [0.05, 0.1) is 18.1 Å². The molecule has 2 N–H and O–H groups in total. The largest absolute Gasteiger partial charge is 0.399 e. The Morgan fingerprint density at radius 3 is 2.35 bits per heavy atom. The van der Waals surface area contributed by atoms with E-state index >= 15 is 0 Å². The van der Waals surface area contributed by atoms with Crippen LogP contribution >= 0.6 is 0 Å². The maximum absolute atomic E-state index is 12.4. The molecule has 2 rings (SSSR count). The number of nitrogen functional groups attached to an aromatic ring is 1. The summed E-state index contributed by atoms with van der Waals surface area (Å²) in [5, 5.41) is -1.11. The molecular formula is C13H18N2O4S. The fourth-order valence-corrected chi connectivity index (χ4v) is 3.37. The zero-order valence-electron chi connectivity index (χ0n) is 11.3. The molecule has 1 aliphatic heterocycles. The topological polar surface area (TPSA) is 89.7 Å².